The van der Waals surface area contributed by atoms with E-state index in [1.54, 1.807) is 25.3 Å². The zero-order valence-corrected chi connectivity index (χ0v) is 15.7. The first kappa shape index (κ1) is 19.1. The lowest BCUT2D eigenvalue weighted by atomic mass is 10.1. The number of carbonyl (C=O) groups is 1. The van der Waals surface area contributed by atoms with Gasteiger partial charge in [-0.15, -0.1) is 0 Å². The Balaban J connectivity index is 1.99. The van der Waals surface area contributed by atoms with Gasteiger partial charge in [0.25, 0.3) is 0 Å². The quantitative estimate of drug-likeness (QED) is 0.635. The molecular formula is C20H20ClN3O3. The van der Waals surface area contributed by atoms with Crippen LogP contribution in [0.2, 0.25) is 5.02 Å². The molecule has 1 aromatic heterocycles. The van der Waals surface area contributed by atoms with E-state index < -0.39 is 5.69 Å². The van der Waals surface area contributed by atoms with Crippen molar-refractivity contribution in [2.45, 2.75) is 13.0 Å². The topological polar surface area (TPSA) is 73.2 Å². The third-order valence-corrected chi connectivity index (χ3v) is 4.37. The summed E-state index contributed by atoms with van der Waals surface area (Å²) in [4.78, 5) is 29.1. The Morgan fingerprint density at radius 2 is 2.00 bits per heavy atom. The maximum absolute atomic E-state index is 12.6. The van der Waals surface area contributed by atoms with Crippen molar-refractivity contribution in [2.24, 2.45) is 0 Å². The van der Waals surface area contributed by atoms with E-state index in [0.717, 1.165) is 10.9 Å². The molecule has 140 valence electrons. The Kier molecular flexibility index (Phi) is 6.21. The van der Waals surface area contributed by atoms with Crippen molar-refractivity contribution < 1.29 is 9.53 Å². The van der Waals surface area contributed by atoms with E-state index in [2.05, 4.69) is 10.3 Å². The Bertz CT molecular complexity index is 1000. The van der Waals surface area contributed by atoms with Crippen LogP contribution in [0.25, 0.3) is 22.2 Å². The minimum absolute atomic E-state index is 0.105. The molecule has 27 heavy (non-hydrogen) atoms. The number of amides is 1. The van der Waals surface area contributed by atoms with Crippen molar-refractivity contribution in [1.82, 2.24) is 14.9 Å². The molecule has 3 aromatic rings. The van der Waals surface area contributed by atoms with E-state index in [9.17, 15) is 9.59 Å². The third-order valence-electron chi connectivity index (χ3n) is 4.14. The average molecular weight is 386 g/mol. The predicted octanol–water partition coefficient (Wildman–Crippen LogP) is 2.87. The van der Waals surface area contributed by atoms with Crippen LogP contribution in [0.15, 0.2) is 53.3 Å². The summed E-state index contributed by atoms with van der Waals surface area (Å²) in [6.07, 6.45) is 0.707. The Morgan fingerprint density at radius 3 is 2.74 bits per heavy atom. The van der Waals surface area contributed by atoms with Crippen LogP contribution < -0.4 is 11.0 Å². The lowest BCUT2D eigenvalue weighted by Gasteiger charge is -2.13. The molecule has 1 heterocycles. The number of carbonyl (C=O) groups excluding carboxylic acids is 1. The van der Waals surface area contributed by atoms with Gasteiger partial charge in [0.15, 0.2) is 0 Å². The summed E-state index contributed by atoms with van der Waals surface area (Å²) < 4.78 is 6.32. The van der Waals surface area contributed by atoms with Gasteiger partial charge in [0, 0.05) is 36.2 Å². The van der Waals surface area contributed by atoms with Gasteiger partial charge in [0.05, 0.1) is 11.2 Å². The second-order valence-corrected chi connectivity index (χ2v) is 6.49. The number of hydrogen-bond donors (Lipinski definition) is 1. The van der Waals surface area contributed by atoms with Crippen molar-refractivity contribution in [3.63, 3.8) is 0 Å². The van der Waals surface area contributed by atoms with Crippen LogP contribution in [0, 0.1) is 0 Å². The molecule has 1 amide bonds. The smallest absolute Gasteiger partial charge is 0.349 e. The second kappa shape index (κ2) is 8.79. The molecular weight excluding hydrogens is 366 g/mol. The predicted molar refractivity (Wildman–Crippen MR) is 106 cm³/mol. The number of benzene rings is 2. The van der Waals surface area contributed by atoms with Crippen molar-refractivity contribution in [2.75, 3.05) is 20.3 Å². The molecule has 1 N–H and O–H groups in total. The van der Waals surface area contributed by atoms with Crippen LogP contribution in [0.5, 0.6) is 0 Å². The minimum atomic E-state index is -0.476. The number of aromatic nitrogens is 2. The van der Waals surface area contributed by atoms with Gasteiger partial charge in [-0.2, -0.15) is 4.98 Å². The second-order valence-electron chi connectivity index (χ2n) is 6.05. The monoisotopic (exact) mass is 385 g/mol. The standard InChI is InChI=1S/C20H20ClN3O3/c1-27-11-5-10-22-18(25)13-24-17-9-8-15(21)12-16(17)19(23-20(24)26)14-6-3-2-4-7-14/h2-4,6-9,12H,5,10-11,13H2,1H3,(H,22,25). The van der Waals surface area contributed by atoms with Crippen molar-refractivity contribution in [1.29, 1.82) is 0 Å². The number of nitrogens with one attached hydrogen (secondary N) is 1. The van der Waals surface area contributed by atoms with Crippen LogP contribution in [0.3, 0.4) is 0 Å². The highest BCUT2D eigenvalue weighted by Crippen LogP contribution is 2.27. The first-order valence-corrected chi connectivity index (χ1v) is 8.99. The van der Waals surface area contributed by atoms with Gasteiger partial charge < -0.3 is 10.1 Å². The lowest BCUT2D eigenvalue weighted by molar-refractivity contribution is -0.121. The molecule has 0 unspecified atom stereocenters. The summed E-state index contributed by atoms with van der Waals surface area (Å²) in [5.74, 6) is -0.251. The van der Waals surface area contributed by atoms with Gasteiger partial charge in [-0.3, -0.25) is 9.36 Å². The summed E-state index contributed by atoms with van der Waals surface area (Å²) in [6.45, 7) is 0.946. The van der Waals surface area contributed by atoms with E-state index >= 15 is 0 Å². The Labute approximate surface area is 161 Å². The van der Waals surface area contributed by atoms with Crippen LogP contribution >= 0.6 is 11.6 Å². The molecule has 0 aliphatic heterocycles. The summed E-state index contributed by atoms with van der Waals surface area (Å²) in [5.41, 5.74) is 1.51. The Morgan fingerprint density at radius 1 is 1.22 bits per heavy atom. The first-order chi connectivity index (χ1) is 13.1. The van der Waals surface area contributed by atoms with E-state index in [-0.39, 0.29) is 12.5 Å². The SMILES string of the molecule is COCCCNC(=O)Cn1c(=O)nc(-c2ccccc2)c2cc(Cl)ccc21. The van der Waals surface area contributed by atoms with Gasteiger partial charge >= 0.3 is 5.69 Å². The number of rotatable bonds is 7. The largest absolute Gasteiger partial charge is 0.385 e. The van der Waals surface area contributed by atoms with Gasteiger partial charge in [0.1, 0.15) is 6.54 Å². The molecule has 2 aromatic carbocycles. The fraction of sp³-hybridized carbons (Fsp3) is 0.250. The van der Waals surface area contributed by atoms with Crippen LogP contribution in [0.4, 0.5) is 0 Å². The fourth-order valence-electron chi connectivity index (χ4n) is 2.87. The maximum Gasteiger partial charge on any atom is 0.349 e. The van der Waals surface area contributed by atoms with E-state index in [1.165, 1.54) is 4.57 Å². The first-order valence-electron chi connectivity index (χ1n) is 8.61. The number of nitrogens with zero attached hydrogens (tertiary/aromatic N) is 2. The molecule has 3 rings (SSSR count). The zero-order valence-electron chi connectivity index (χ0n) is 14.9. The molecule has 0 saturated heterocycles. The van der Waals surface area contributed by atoms with Crippen LogP contribution in [-0.2, 0) is 16.1 Å². The molecule has 0 aliphatic carbocycles. The van der Waals surface area contributed by atoms with Gasteiger partial charge in [-0.1, -0.05) is 41.9 Å². The number of halogens is 1. The summed E-state index contributed by atoms with van der Waals surface area (Å²) in [6, 6.07) is 14.6. The van der Waals surface area contributed by atoms with Crippen molar-refractivity contribution >= 4 is 28.4 Å². The van der Waals surface area contributed by atoms with Gasteiger partial charge in [-0.05, 0) is 24.6 Å². The molecule has 0 spiro atoms. The number of methoxy groups -OCH3 is 1. The van der Waals surface area contributed by atoms with Gasteiger partial charge in [0.2, 0.25) is 5.91 Å². The van der Waals surface area contributed by atoms with Crippen LogP contribution in [-0.4, -0.2) is 35.7 Å². The van der Waals surface area contributed by atoms with Crippen molar-refractivity contribution in [3.8, 4) is 11.3 Å². The van der Waals surface area contributed by atoms with Crippen LogP contribution in [0.1, 0.15) is 6.42 Å². The molecule has 0 bridgehead atoms. The van der Waals surface area contributed by atoms with E-state index in [0.29, 0.717) is 35.8 Å². The van der Waals surface area contributed by atoms with Crippen molar-refractivity contribution in [3.05, 3.63) is 64.0 Å². The zero-order chi connectivity index (χ0) is 19.2. The molecule has 0 fully saturated rings. The van der Waals surface area contributed by atoms with Gasteiger partial charge in [-0.25, -0.2) is 4.79 Å². The third kappa shape index (κ3) is 4.53. The summed E-state index contributed by atoms with van der Waals surface area (Å²) in [7, 11) is 1.61. The molecule has 0 radical (unpaired) electrons. The molecule has 0 saturated carbocycles. The molecule has 0 atom stereocenters. The number of hydrogen-bond acceptors (Lipinski definition) is 4. The Hall–Kier alpha value is -2.70. The molecule has 0 aliphatic rings. The average Bonchev–Trinajstić information content (AvgIpc) is 2.68. The number of fused-ring (bicyclic) bond motifs is 1. The highest BCUT2D eigenvalue weighted by Gasteiger charge is 2.14. The lowest BCUT2D eigenvalue weighted by Crippen LogP contribution is -2.34. The summed E-state index contributed by atoms with van der Waals surface area (Å²) >= 11 is 6.17. The highest BCUT2D eigenvalue weighted by molar-refractivity contribution is 6.31. The maximum atomic E-state index is 12.6. The summed E-state index contributed by atoms with van der Waals surface area (Å²) in [5, 5.41) is 4.04. The fourth-order valence-corrected chi connectivity index (χ4v) is 3.04. The molecule has 7 heteroatoms. The van der Waals surface area contributed by atoms with E-state index in [4.69, 9.17) is 16.3 Å². The minimum Gasteiger partial charge on any atom is -0.385 e. The van der Waals surface area contributed by atoms with E-state index in [1.807, 2.05) is 30.3 Å². The molecule has 6 nitrogen and oxygen atoms in total. The highest BCUT2D eigenvalue weighted by atomic mass is 35.5. The normalized spacial score (nSPS) is 10.9. The number of ether oxygens (including phenoxy) is 1.